The number of anilines is 2. The summed E-state index contributed by atoms with van der Waals surface area (Å²) in [5.74, 6) is -0.715. The number of thiophene rings is 1. The molecule has 3 rings (SSSR count). The number of furan rings is 1. The molecule has 0 aliphatic rings. The first-order chi connectivity index (χ1) is 13.4. The van der Waals surface area contributed by atoms with E-state index in [1.807, 2.05) is 0 Å². The molecule has 3 N–H and O–H groups in total. The Bertz CT molecular complexity index is 1040. The predicted molar refractivity (Wildman–Crippen MR) is 108 cm³/mol. The van der Waals surface area contributed by atoms with Crippen LogP contribution in [0, 0.1) is 13.8 Å². The molecular weight excluding hydrogens is 378 g/mol. The summed E-state index contributed by atoms with van der Waals surface area (Å²) in [6.45, 7) is 3.57. The van der Waals surface area contributed by atoms with E-state index in [-0.39, 0.29) is 23.5 Å². The van der Waals surface area contributed by atoms with Gasteiger partial charge in [0.1, 0.15) is 0 Å². The normalized spacial score (nSPS) is 10.4. The highest BCUT2D eigenvalue weighted by Gasteiger charge is 2.18. The third kappa shape index (κ3) is 3.96. The molecule has 0 atom stereocenters. The molecule has 0 aliphatic heterocycles. The largest absolute Gasteiger partial charge is 0.459 e. The Hall–Kier alpha value is -3.39. The number of benzene rings is 1. The van der Waals surface area contributed by atoms with Gasteiger partial charge in [0.2, 0.25) is 0 Å². The van der Waals surface area contributed by atoms with Gasteiger partial charge in [0.15, 0.2) is 5.76 Å². The predicted octanol–water partition coefficient (Wildman–Crippen LogP) is 3.82. The highest BCUT2D eigenvalue weighted by molar-refractivity contribution is 7.18. The molecule has 0 unspecified atom stereocenters. The molecule has 0 radical (unpaired) electrons. The van der Waals surface area contributed by atoms with Crippen molar-refractivity contribution in [3.63, 3.8) is 0 Å². The van der Waals surface area contributed by atoms with Crippen LogP contribution in [0.25, 0.3) is 0 Å². The maximum atomic E-state index is 12.7. The number of rotatable bonds is 5. The van der Waals surface area contributed by atoms with Crippen LogP contribution in [0.5, 0.6) is 0 Å². The van der Waals surface area contributed by atoms with Crippen molar-refractivity contribution in [2.45, 2.75) is 13.8 Å². The quantitative estimate of drug-likeness (QED) is 0.609. The summed E-state index contributed by atoms with van der Waals surface area (Å²) in [5.41, 5.74) is 2.46. The van der Waals surface area contributed by atoms with Gasteiger partial charge in [-0.25, -0.2) is 0 Å². The van der Waals surface area contributed by atoms with Crippen molar-refractivity contribution in [3.8, 4) is 0 Å². The number of amides is 3. The monoisotopic (exact) mass is 397 g/mol. The van der Waals surface area contributed by atoms with E-state index < -0.39 is 0 Å². The summed E-state index contributed by atoms with van der Waals surface area (Å²) in [7, 11) is 1.56. The summed E-state index contributed by atoms with van der Waals surface area (Å²) < 4.78 is 5.06. The highest BCUT2D eigenvalue weighted by atomic mass is 32.1. The molecule has 28 heavy (non-hydrogen) atoms. The first-order valence-corrected chi connectivity index (χ1v) is 9.30. The van der Waals surface area contributed by atoms with E-state index in [9.17, 15) is 14.4 Å². The van der Waals surface area contributed by atoms with Crippen molar-refractivity contribution < 1.29 is 18.8 Å². The first-order valence-electron chi connectivity index (χ1n) is 8.49. The number of nitrogens with one attached hydrogen (secondary N) is 3. The molecule has 8 heteroatoms. The van der Waals surface area contributed by atoms with E-state index in [4.69, 9.17) is 4.42 Å². The number of carbonyl (C=O) groups is 3. The van der Waals surface area contributed by atoms with Crippen LogP contribution in [0.2, 0.25) is 0 Å². The van der Waals surface area contributed by atoms with Gasteiger partial charge >= 0.3 is 0 Å². The zero-order valence-corrected chi connectivity index (χ0v) is 16.4. The third-order valence-electron chi connectivity index (χ3n) is 4.16. The topological polar surface area (TPSA) is 100 Å². The molecule has 0 spiro atoms. The van der Waals surface area contributed by atoms with Gasteiger partial charge < -0.3 is 20.4 Å². The molecule has 1 aromatic carbocycles. The minimum Gasteiger partial charge on any atom is -0.459 e. The molecule has 7 nitrogen and oxygen atoms in total. The van der Waals surface area contributed by atoms with E-state index in [1.54, 1.807) is 57.3 Å². The second kappa shape index (κ2) is 8.10. The van der Waals surface area contributed by atoms with Crippen molar-refractivity contribution in [3.05, 3.63) is 70.0 Å². The van der Waals surface area contributed by atoms with Gasteiger partial charge in [0.05, 0.1) is 16.1 Å². The van der Waals surface area contributed by atoms with E-state index in [1.165, 1.54) is 17.6 Å². The Morgan fingerprint density at radius 3 is 2.43 bits per heavy atom. The van der Waals surface area contributed by atoms with Gasteiger partial charge in [-0.05, 0) is 55.3 Å². The van der Waals surface area contributed by atoms with Crippen LogP contribution in [0.4, 0.5) is 10.7 Å². The number of aryl methyl sites for hydroxylation is 1. The zero-order valence-electron chi connectivity index (χ0n) is 15.6. The Morgan fingerprint density at radius 2 is 1.75 bits per heavy atom. The Labute approximate surface area is 165 Å². The molecule has 144 valence electrons. The fraction of sp³-hybridized carbons (Fsp3) is 0.150. The summed E-state index contributed by atoms with van der Waals surface area (Å²) in [4.78, 5) is 37.2. The zero-order chi connectivity index (χ0) is 20.3. The molecule has 2 heterocycles. The molecule has 3 aromatic rings. The van der Waals surface area contributed by atoms with Crippen molar-refractivity contribution in [1.82, 2.24) is 5.32 Å². The lowest BCUT2D eigenvalue weighted by Crippen LogP contribution is -2.20. The maximum absolute atomic E-state index is 12.7. The lowest BCUT2D eigenvalue weighted by Gasteiger charge is -2.11. The van der Waals surface area contributed by atoms with Crippen LogP contribution >= 0.6 is 11.3 Å². The average molecular weight is 397 g/mol. The Kier molecular flexibility index (Phi) is 5.60. The summed E-state index contributed by atoms with van der Waals surface area (Å²) in [6, 6.07) is 10.1. The van der Waals surface area contributed by atoms with E-state index in [0.717, 1.165) is 5.56 Å². The SMILES string of the molecule is CNC(=O)c1cccc(NC(=O)c2sc(NC(=O)c3ccco3)cc2C)c1C. The van der Waals surface area contributed by atoms with Crippen molar-refractivity contribution in [1.29, 1.82) is 0 Å². The third-order valence-corrected chi connectivity index (χ3v) is 5.31. The highest BCUT2D eigenvalue weighted by Crippen LogP contribution is 2.29. The maximum Gasteiger partial charge on any atom is 0.291 e. The van der Waals surface area contributed by atoms with Gasteiger partial charge in [0.25, 0.3) is 17.7 Å². The van der Waals surface area contributed by atoms with Crippen molar-refractivity contribution in [2.24, 2.45) is 0 Å². The van der Waals surface area contributed by atoms with E-state index >= 15 is 0 Å². The van der Waals surface area contributed by atoms with Crippen molar-refractivity contribution >= 4 is 39.7 Å². The minimum atomic E-state index is -0.382. The summed E-state index contributed by atoms with van der Waals surface area (Å²) in [5, 5.41) is 8.68. The second-order valence-corrected chi connectivity index (χ2v) is 7.12. The Morgan fingerprint density at radius 1 is 0.964 bits per heavy atom. The molecule has 0 saturated heterocycles. The second-order valence-electron chi connectivity index (χ2n) is 6.07. The lowest BCUT2D eigenvalue weighted by atomic mass is 10.1. The van der Waals surface area contributed by atoms with Crippen LogP contribution in [0.3, 0.4) is 0 Å². The standard InChI is InChI=1S/C20H19N3O4S/c1-11-10-16(23-19(25)15-8-5-9-27-15)28-17(11)20(26)22-14-7-4-6-13(12(14)2)18(24)21-3/h4-10H,1-3H3,(H,21,24)(H,22,26)(H,23,25). The molecule has 0 aliphatic carbocycles. The van der Waals surface area contributed by atoms with Crippen molar-refractivity contribution in [2.75, 3.05) is 17.7 Å². The minimum absolute atomic E-state index is 0.193. The number of hydrogen-bond acceptors (Lipinski definition) is 5. The van der Waals surface area contributed by atoms with Crippen LogP contribution in [-0.2, 0) is 0 Å². The van der Waals surface area contributed by atoms with Gasteiger partial charge in [-0.3, -0.25) is 14.4 Å². The van der Waals surface area contributed by atoms with Gasteiger partial charge in [0, 0.05) is 18.3 Å². The smallest absolute Gasteiger partial charge is 0.291 e. The Balaban J connectivity index is 1.78. The molecule has 2 aromatic heterocycles. The molecule has 3 amide bonds. The van der Waals surface area contributed by atoms with E-state index in [2.05, 4.69) is 16.0 Å². The summed E-state index contributed by atoms with van der Waals surface area (Å²) in [6.07, 6.45) is 1.42. The number of carbonyl (C=O) groups excluding carboxylic acids is 3. The van der Waals surface area contributed by atoms with Crippen LogP contribution in [-0.4, -0.2) is 24.8 Å². The van der Waals surface area contributed by atoms with Crippen LogP contribution < -0.4 is 16.0 Å². The van der Waals surface area contributed by atoms with Gasteiger partial charge in [-0.2, -0.15) is 0 Å². The molecule has 0 bridgehead atoms. The lowest BCUT2D eigenvalue weighted by molar-refractivity contribution is 0.0959. The fourth-order valence-corrected chi connectivity index (χ4v) is 3.64. The van der Waals surface area contributed by atoms with Crippen LogP contribution in [0.15, 0.2) is 47.1 Å². The number of hydrogen-bond donors (Lipinski definition) is 3. The van der Waals surface area contributed by atoms with E-state index in [0.29, 0.717) is 26.7 Å². The molecular formula is C20H19N3O4S. The van der Waals surface area contributed by atoms with Gasteiger partial charge in [-0.15, -0.1) is 11.3 Å². The summed E-state index contributed by atoms with van der Waals surface area (Å²) >= 11 is 1.17. The van der Waals surface area contributed by atoms with Gasteiger partial charge in [-0.1, -0.05) is 6.07 Å². The average Bonchev–Trinajstić information content (AvgIpc) is 3.32. The molecule has 0 fully saturated rings. The molecule has 0 saturated carbocycles. The van der Waals surface area contributed by atoms with Crippen LogP contribution in [0.1, 0.15) is 41.7 Å². The fourth-order valence-electron chi connectivity index (χ4n) is 2.68. The first kappa shape index (κ1) is 19.4.